The number of Topliss-reactive ketones (excluding diaryl/α,β-unsaturated/α-hetero) is 2. The summed E-state index contributed by atoms with van der Waals surface area (Å²) in [6, 6.07) is 7.07. The quantitative estimate of drug-likeness (QED) is 0.177. The highest BCUT2D eigenvalue weighted by Crippen LogP contribution is 2.43. The molecule has 0 saturated carbocycles. The summed E-state index contributed by atoms with van der Waals surface area (Å²) in [7, 11) is 0. The monoisotopic (exact) mass is 524 g/mol. The molecule has 2 aromatic carbocycles. The van der Waals surface area contributed by atoms with Gasteiger partial charge in [0, 0.05) is 17.5 Å². The molecule has 2 heterocycles. The van der Waals surface area contributed by atoms with E-state index >= 15 is 0 Å². The number of epoxide rings is 1. The summed E-state index contributed by atoms with van der Waals surface area (Å²) < 4.78 is 24.0. The van der Waals surface area contributed by atoms with Crippen molar-refractivity contribution in [2.75, 3.05) is 19.8 Å². The lowest BCUT2D eigenvalue weighted by atomic mass is 9.86. The number of hydrogen-bond donors (Lipinski definition) is 1. The van der Waals surface area contributed by atoms with Gasteiger partial charge in [0.25, 0.3) is 0 Å². The average Bonchev–Trinajstić information content (AvgIpc) is 3.70. The Hall–Kier alpha value is -3.06. The summed E-state index contributed by atoms with van der Waals surface area (Å²) in [5, 5.41) is 10.6. The summed E-state index contributed by atoms with van der Waals surface area (Å²) in [6.45, 7) is 9.22. The van der Waals surface area contributed by atoms with Gasteiger partial charge in [0.05, 0.1) is 43.5 Å². The number of phenolic OH excluding ortho intramolecular Hbond substituents is 1. The second-order valence-electron chi connectivity index (χ2n) is 10.6. The van der Waals surface area contributed by atoms with Crippen molar-refractivity contribution < 1.29 is 33.6 Å². The molecule has 38 heavy (non-hydrogen) atoms. The number of hydrogen-bond acceptors (Lipinski definition) is 7. The predicted molar refractivity (Wildman–Crippen MR) is 145 cm³/mol. The molecule has 0 bridgehead atoms. The average molecular weight is 525 g/mol. The van der Waals surface area contributed by atoms with Crippen LogP contribution in [0.3, 0.4) is 0 Å². The van der Waals surface area contributed by atoms with E-state index in [-0.39, 0.29) is 17.3 Å². The van der Waals surface area contributed by atoms with Crippen LogP contribution in [-0.4, -0.2) is 48.2 Å². The molecule has 2 unspecified atom stereocenters. The number of aromatic hydroxyl groups is 1. The van der Waals surface area contributed by atoms with Gasteiger partial charge in [-0.3, -0.25) is 9.59 Å². The van der Waals surface area contributed by atoms with E-state index in [2.05, 4.69) is 6.92 Å². The molecule has 0 aliphatic carbocycles. The van der Waals surface area contributed by atoms with E-state index in [1.165, 1.54) is 6.92 Å². The van der Waals surface area contributed by atoms with Crippen molar-refractivity contribution in [3.8, 4) is 23.0 Å². The van der Waals surface area contributed by atoms with Crippen molar-refractivity contribution in [3.63, 3.8) is 0 Å². The van der Waals surface area contributed by atoms with E-state index in [1.54, 1.807) is 12.1 Å². The second-order valence-corrected chi connectivity index (χ2v) is 10.6. The van der Waals surface area contributed by atoms with Gasteiger partial charge >= 0.3 is 0 Å². The van der Waals surface area contributed by atoms with Crippen molar-refractivity contribution in [1.29, 1.82) is 0 Å². The molecule has 2 atom stereocenters. The van der Waals surface area contributed by atoms with Crippen LogP contribution in [-0.2, 0) is 17.6 Å². The normalized spacial score (nSPS) is 20.0. The van der Waals surface area contributed by atoms with Crippen molar-refractivity contribution in [3.05, 3.63) is 46.5 Å². The van der Waals surface area contributed by atoms with Crippen LogP contribution in [0.4, 0.5) is 0 Å². The first-order valence-electron chi connectivity index (χ1n) is 13.9. The number of carbonyl (C=O) groups is 2. The van der Waals surface area contributed by atoms with E-state index in [0.717, 1.165) is 50.0 Å². The number of carbonyl (C=O) groups excluding carboxylic acids is 2. The molecule has 1 fully saturated rings. The van der Waals surface area contributed by atoms with Crippen molar-refractivity contribution in [2.24, 2.45) is 0 Å². The molecule has 0 spiro atoms. The van der Waals surface area contributed by atoms with Crippen LogP contribution in [0.1, 0.15) is 98.1 Å². The number of fused-ring (bicyclic) bond motifs is 1. The zero-order valence-corrected chi connectivity index (χ0v) is 23.1. The lowest BCUT2D eigenvalue weighted by Gasteiger charge is -2.36. The van der Waals surface area contributed by atoms with Crippen LogP contribution in [0, 0.1) is 0 Å². The third-order valence-corrected chi connectivity index (χ3v) is 7.22. The first kappa shape index (κ1) is 28.0. The molecule has 0 radical (unpaired) electrons. The van der Waals surface area contributed by atoms with Crippen LogP contribution in [0.25, 0.3) is 0 Å². The van der Waals surface area contributed by atoms with Crippen LogP contribution in [0.5, 0.6) is 23.0 Å². The third-order valence-electron chi connectivity index (χ3n) is 7.22. The summed E-state index contributed by atoms with van der Waals surface area (Å²) in [4.78, 5) is 24.8. The van der Waals surface area contributed by atoms with Gasteiger partial charge in [-0.25, -0.2) is 0 Å². The Balaban J connectivity index is 1.40. The summed E-state index contributed by atoms with van der Waals surface area (Å²) in [5.41, 5.74) is 2.03. The molecule has 4 rings (SSSR count). The lowest BCUT2D eigenvalue weighted by molar-refractivity contribution is 0.0433. The van der Waals surface area contributed by atoms with Gasteiger partial charge in [-0.1, -0.05) is 26.7 Å². The smallest absolute Gasteiger partial charge is 0.170 e. The standard InChI is InChI=1S/C31H40O7/c1-5-8-24-27(12-10-22(20(3)32)29(24)34)35-16-7-17-36-28-13-11-23-26(33)18-31(4,15-14-21-19-37-21)38-30(23)25(28)9-6-2/h10-13,21,34H,5-9,14-19H2,1-4H3. The molecule has 7 heteroatoms. The largest absolute Gasteiger partial charge is 0.507 e. The topological polar surface area (TPSA) is 94.6 Å². The van der Waals surface area contributed by atoms with Crippen LogP contribution in [0.2, 0.25) is 0 Å². The fourth-order valence-electron chi connectivity index (χ4n) is 5.08. The maximum atomic E-state index is 13.0. The van der Waals surface area contributed by atoms with Gasteiger partial charge in [-0.15, -0.1) is 0 Å². The first-order valence-corrected chi connectivity index (χ1v) is 13.9. The number of ketones is 2. The Kier molecular flexibility index (Phi) is 8.98. The molecule has 0 amide bonds. The van der Waals surface area contributed by atoms with E-state index in [4.69, 9.17) is 18.9 Å². The summed E-state index contributed by atoms with van der Waals surface area (Å²) >= 11 is 0. The number of rotatable bonds is 14. The second kappa shape index (κ2) is 12.2. The minimum absolute atomic E-state index is 0.0116. The molecule has 2 aliphatic rings. The molecule has 1 saturated heterocycles. The molecule has 0 aromatic heterocycles. The molecular weight excluding hydrogens is 484 g/mol. The Morgan fingerprint density at radius 3 is 2.32 bits per heavy atom. The van der Waals surface area contributed by atoms with E-state index < -0.39 is 5.60 Å². The van der Waals surface area contributed by atoms with Crippen LogP contribution < -0.4 is 14.2 Å². The van der Waals surface area contributed by atoms with Gasteiger partial charge in [-0.2, -0.15) is 0 Å². The molecule has 2 aliphatic heterocycles. The molecule has 7 nitrogen and oxygen atoms in total. The third kappa shape index (κ3) is 6.49. The number of phenols is 1. The van der Waals surface area contributed by atoms with Crippen molar-refractivity contribution in [2.45, 2.75) is 90.8 Å². The Bertz CT molecular complexity index is 1170. The lowest BCUT2D eigenvalue weighted by Crippen LogP contribution is -2.40. The highest BCUT2D eigenvalue weighted by atomic mass is 16.6. The summed E-state index contributed by atoms with van der Waals surface area (Å²) in [6.07, 6.45) is 6.08. The van der Waals surface area contributed by atoms with Crippen LogP contribution >= 0.6 is 0 Å². The highest BCUT2D eigenvalue weighted by Gasteiger charge is 2.39. The fourth-order valence-corrected chi connectivity index (χ4v) is 5.08. The number of ether oxygens (including phenoxy) is 4. The SMILES string of the molecule is CCCc1c(OCCCOc2ccc3c(c2CCC)OC(C)(CCC2CO2)CC3=O)ccc(C(C)=O)c1O. The molecule has 2 aromatic rings. The zero-order valence-electron chi connectivity index (χ0n) is 23.1. The molecule has 206 valence electrons. The van der Waals surface area contributed by atoms with Gasteiger partial charge in [0.2, 0.25) is 0 Å². The Labute approximate surface area is 225 Å². The predicted octanol–water partition coefficient (Wildman–Crippen LogP) is 6.25. The Morgan fingerprint density at radius 1 is 1.05 bits per heavy atom. The fraction of sp³-hybridized carbons (Fsp3) is 0.548. The highest BCUT2D eigenvalue weighted by molar-refractivity contribution is 6.01. The molecular formula is C31H40O7. The zero-order chi connectivity index (χ0) is 27.3. The van der Waals surface area contributed by atoms with Gasteiger partial charge in [0.15, 0.2) is 11.6 Å². The van der Waals surface area contributed by atoms with Gasteiger partial charge < -0.3 is 24.1 Å². The maximum absolute atomic E-state index is 13.0. The van der Waals surface area contributed by atoms with E-state index in [1.807, 2.05) is 26.0 Å². The minimum Gasteiger partial charge on any atom is -0.507 e. The van der Waals surface area contributed by atoms with Gasteiger partial charge in [0.1, 0.15) is 28.6 Å². The minimum atomic E-state index is -0.537. The van der Waals surface area contributed by atoms with E-state index in [9.17, 15) is 14.7 Å². The van der Waals surface area contributed by atoms with Crippen molar-refractivity contribution >= 4 is 11.6 Å². The Morgan fingerprint density at radius 2 is 1.68 bits per heavy atom. The number of benzene rings is 2. The first-order chi connectivity index (χ1) is 18.3. The van der Waals surface area contributed by atoms with E-state index in [0.29, 0.717) is 66.8 Å². The maximum Gasteiger partial charge on any atom is 0.170 e. The van der Waals surface area contributed by atoms with Crippen molar-refractivity contribution in [1.82, 2.24) is 0 Å². The summed E-state index contributed by atoms with van der Waals surface area (Å²) in [5.74, 6) is 1.96. The van der Waals surface area contributed by atoms with Crippen LogP contribution in [0.15, 0.2) is 24.3 Å². The van der Waals surface area contributed by atoms with Gasteiger partial charge in [-0.05, 0) is 63.8 Å². The molecule has 1 N–H and O–H groups in total.